The third-order valence-corrected chi connectivity index (χ3v) is 8.29. The van der Waals surface area contributed by atoms with E-state index in [9.17, 15) is 13.2 Å². The molecule has 2 atom stereocenters. The zero-order valence-corrected chi connectivity index (χ0v) is 26.8. The van der Waals surface area contributed by atoms with Crippen molar-refractivity contribution in [2.45, 2.75) is 92.4 Å². The van der Waals surface area contributed by atoms with Gasteiger partial charge in [-0.25, -0.2) is 13.2 Å². The molecular weight excluding hydrogens is 516 g/mol. The van der Waals surface area contributed by atoms with Gasteiger partial charge in [0.25, 0.3) is 0 Å². The maximum atomic E-state index is 11.5. The predicted molar refractivity (Wildman–Crippen MR) is 170 cm³/mol. The Bertz CT molecular complexity index is 1140. The highest BCUT2D eigenvalue weighted by Gasteiger charge is 2.18. The first-order valence-corrected chi connectivity index (χ1v) is 16.2. The van der Waals surface area contributed by atoms with Crippen molar-refractivity contribution in [3.05, 3.63) is 95.4 Å². The largest absolute Gasteiger partial charge is 0.458 e. The second-order valence-corrected chi connectivity index (χ2v) is 14.2. The third kappa shape index (κ3) is 13.1. The van der Waals surface area contributed by atoms with Gasteiger partial charge in [-0.3, -0.25) is 0 Å². The highest BCUT2D eigenvalue weighted by atomic mass is 32.2. The summed E-state index contributed by atoms with van der Waals surface area (Å²) < 4.78 is 28.1. The van der Waals surface area contributed by atoms with Crippen molar-refractivity contribution in [1.29, 1.82) is 0 Å². The fourth-order valence-corrected chi connectivity index (χ4v) is 5.60. The van der Waals surface area contributed by atoms with Gasteiger partial charge in [0.15, 0.2) is 9.84 Å². The predicted octanol–water partition coefficient (Wildman–Crippen LogP) is 9.23. The van der Waals surface area contributed by atoms with Crippen LogP contribution < -0.4 is 0 Å². The summed E-state index contributed by atoms with van der Waals surface area (Å²) in [6.45, 7) is 25.0. The Morgan fingerprint density at radius 1 is 0.725 bits per heavy atom. The van der Waals surface area contributed by atoms with Gasteiger partial charge in [-0.1, -0.05) is 117 Å². The standard InChI is InChI=1S/C18H26O2.C17H26O2S/c1-6-18(19)20-12-15-7-9-16(10-8-15)17(14(4)5)11-13(2)3;1-6-20(18,19)12-15-7-9-16(10-8-15)17(14(4)5)11-13(2)3/h2*6-10,13-14,17H,1,11-12H2,2-5H3. The van der Waals surface area contributed by atoms with Crippen LogP contribution in [0.15, 0.2) is 73.2 Å². The van der Waals surface area contributed by atoms with Crippen LogP contribution in [0.25, 0.3) is 0 Å². The lowest BCUT2D eigenvalue weighted by Crippen LogP contribution is -2.10. The zero-order valence-electron chi connectivity index (χ0n) is 26.0. The smallest absolute Gasteiger partial charge is 0.330 e. The number of esters is 1. The van der Waals surface area contributed by atoms with E-state index in [1.165, 1.54) is 23.6 Å². The minimum Gasteiger partial charge on any atom is -0.458 e. The minimum atomic E-state index is -3.18. The molecule has 5 heteroatoms. The summed E-state index contributed by atoms with van der Waals surface area (Å²) in [5.41, 5.74) is 4.50. The lowest BCUT2D eigenvalue weighted by atomic mass is 9.82. The quantitative estimate of drug-likeness (QED) is 0.168. The monoisotopic (exact) mass is 568 g/mol. The van der Waals surface area contributed by atoms with Crippen molar-refractivity contribution < 1.29 is 17.9 Å². The van der Waals surface area contributed by atoms with Crippen LogP contribution in [0.4, 0.5) is 0 Å². The van der Waals surface area contributed by atoms with E-state index >= 15 is 0 Å². The van der Waals surface area contributed by atoms with Crippen molar-refractivity contribution in [2.75, 3.05) is 0 Å². The number of benzene rings is 2. The molecule has 0 amide bonds. The maximum absolute atomic E-state index is 11.5. The molecule has 2 aromatic carbocycles. The maximum Gasteiger partial charge on any atom is 0.330 e. The van der Waals surface area contributed by atoms with E-state index < -0.39 is 9.84 Å². The number of hydrogen-bond acceptors (Lipinski definition) is 4. The van der Waals surface area contributed by atoms with Gasteiger partial charge >= 0.3 is 5.97 Å². The van der Waals surface area contributed by atoms with Crippen molar-refractivity contribution in [3.8, 4) is 0 Å². The molecule has 0 aliphatic rings. The molecule has 0 radical (unpaired) electrons. The van der Waals surface area contributed by atoms with Crippen LogP contribution in [0.5, 0.6) is 0 Å². The number of carbonyl (C=O) groups is 1. The summed E-state index contributed by atoms with van der Waals surface area (Å²) in [6.07, 6.45) is 3.54. The molecular formula is C35H52O4S. The van der Waals surface area contributed by atoms with Gasteiger partial charge in [-0.2, -0.15) is 0 Å². The highest BCUT2D eigenvalue weighted by molar-refractivity contribution is 7.93. The van der Waals surface area contributed by atoms with E-state index in [-0.39, 0.29) is 11.7 Å². The van der Waals surface area contributed by atoms with Crippen LogP contribution in [0.3, 0.4) is 0 Å². The van der Waals surface area contributed by atoms with E-state index in [2.05, 4.69) is 92.8 Å². The van der Waals surface area contributed by atoms with E-state index in [1.54, 1.807) is 0 Å². The van der Waals surface area contributed by atoms with E-state index in [0.29, 0.717) is 42.1 Å². The molecule has 0 N–H and O–H groups in total. The Morgan fingerprint density at radius 3 is 1.45 bits per heavy atom. The molecule has 2 aromatic rings. The molecule has 0 aliphatic carbocycles. The van der Waals surface area contributed by atoms with Gasteiger partial charge in [0.2, 0.25) is 0 Å². The molecule has 0 heterocycles. The average molecular weight is 569 g/mol. The summed E-state index contributed by atoms with van der Waals surface area (Å²) in [4.78, 5) is 11.0. The Kier molecular flexibility index (Phi) is 15.2. The summed E-state index contributed by atoms with van der Waals surface area (Å²) in [5.74, 6) is 3.32. The normalized spacial score (nSPS) is 13.1. The molecule has 0 aliphatic heterocycles. The van der Waals surface area contributed by atoms with E-state index in [0.717, 1.165) is 23.0 Å². The van der Waals surface area contributed by atoms with Crippen molar-refractivity contribution in [1.82, 2.24) is 0 Å². The number of sulfone groups is 1. The van der Waals surface area contributed by atoms with Gasteiger partial charge in [0, 0.05) is 11.5 Å². The summed E-state index contributed by atoms with van der Waals surface area (Å²) >= 11 is 0. The van der Waals surface area contributed by atoms with Gasteiger partial charge < -0.3 is 4.74 Å². The molecule has 0 spiro atoms. The summed E-state index contributed by atoms with van der Waals surface area (Å²) in [7, 11) is -3.18. The Hall–Kier alpha value is -2.66. The van der Waals surface area contributed by atoms with Crippen molar-refractivity contribution in [3.63, 3.8) is 0 Å². The van der Waals surface area contributed by atoms with E-state index in [1.807, 2.05) is 24.3 Å². The zero-order chi connectivity index (χ0) is 30.5. The molecule has 222 valence electrons. The number of hydrogen-bond donors (Lipinski definition) is 0. The molecule has 0 bridgehead atoms. The summed E-state index contributed by atoms with van der Waals surface area (Å²) in [5, 5.41) is 1.02. The molecule has 4 nitrogen and oxygen atoms in total. The molecule has 2 rings (SSSR count). The van der Waals surface area contributed by atoms with Crippen LogP contribution in [-0.4, -0.2) is 14.4 Å². The van der Waals surface area contributed by atoms with E-state index in [4.69, 9.17) is 4.74 Å². The molecule has 0 aromatic heterocycles. The lowest BCUT2D eigenvalue weighted by Gasteiger charge is -2.23. The molecule has 0 fully saturated rings. The van der Waals surface area contributed by atoms with Crippen LogP contribution in [0, 0.1) is 23.7 Å². The third-order valence-electron chi connectivity index (χ3n) is 7.05. The topological polar surface area (TPSA) is 60.4 Å². The van der Waals surface area contributed by atoms with Gasteiger partial charge in [0.05, 0.1) is 5.75 Å². The first kappa shape index (κ1) is 35.4. The fourth-order valence-electron chi connectivity index (χ4n) is 4.83. The Balaban J connectivity index is 0.000000400. The molecule has 40 heavy (non-hydrogen) atoms. The van der Waals surface area contributed by atoms with Gasteiger partial charge in [0.1, 0.15) is 6.61 Å². The molecule has 0 saturated heterocycles. The second-order valence-electron chi connectivity index (χ2n) is 12.2. The van der Waals surface area contributed by atoms with Crippen molar-refractivity contribution in [2.24, 2.45) is 23.7 Å². The Morgan fingerprint density at radius 2 is 1.12 bits per heavy atom. The van der Waals surface area contributed by atoms with Crippen LogP contribution in [0.2, 0.25) is 0 Å². The first-order valence-electron chi connectivity index (χ1n) is 14.5. The SMILES string of the molecule is C=CC(=O)OCc1ccc(C(CC(C)C)C(C)C)cc1.C=CS(=O)(=O)Cc1ccc(C(CC(C)C)C(C)C)cc1. The van der Waals surface area contributed by atoms with Crippen molar-refractivity contribution >= 4 is 15.8 Å². The summed E-state index contributed by atoms with van der Waals surface area (Å²) in [6, 6.07) is 16.4. The number of ether oxygens (including phenoxy) is 1. The second kappa shape index (κ2) is 17.2. The number of carbonyl (C=O) groups excluding carboxylic acids is 1. The lowest BCUT2D eigenvalue weighted by molar-refractivity contribution is -0.138. The molecule has 2 unspecified atom stereocenters. The fraction of sp³-hybridized carbons (Fsp3) is 0.514. The van der Waals surface area contributed by atoms with Gasteiger partial charge in [-0.15, -0.1) is 0 Å². The van der Waals surface area contributed by atoms with Crippen LogP contribution in [-0.2, 0) is 31.7 Å². The van der Waals surface area contributed by atoms with Gasteiger partial charge in [-0.05, 0) is 70.6 Å². The first-order chi connectivity index (χ1) is 18.7. The minimum absolute atomic E-state index is 0.0350. The van der Waals surface area contributed by atoms with Crippen LogP contribution in [0.1, 0.15) is 102 Å². The average Bonchev–Trinajstić information content (AvgIpc) is 2.89. The highest BCUT2D eigenvalue weighted by Crippen LogP contribution is 2.32. The van der Waals surface area contributed by atoms with Crippen LogP contribution >= 0.6 is 0 Å². The number of rotatable bonds is 14. The Labute approximate surface area is 244 Å². The molecule has 0 saturated carbocycles.